The monoisotopic (exact) mass is 315 g/mol. The van der Waals surface area contributed by atoms with E-state index in [1.165, 1.54) is 0 Å². The Morgan fingerprint density at radius 1 is 1.40 bits per heavy atom. The molecule has 0 atom stereocenters. The molecule has 80 valence electrons. The van der Waals surface area contributed by atoms with Crippen molar-refractivity contribution < 1.29 is 4.79 Å². The van der Waals surface area contributed by atoms with Crippen molar-refractivity contribution in [2.75, 3.05) is 5.32 Å². The molecular weight excluding hydrogens is 301 g/mol. The number of carbonyl (C=O) groups is 1. The van der Waals surface area contributed by atoms with Gasteiger partial charge in [0.2, 0.25) is 5.91 Å². The number of hydrogen-bond acceptors (Lipinski definition) is 1. The molecule has 3 heteroatoms. The van der Waals surface area contributed by atoms with Crippen LogP contribution in [-0.2, 0) is 4.79 Å². The van der Waals surface area contributed by atoms with Crippen molar-refractivity contribution in [3.8, 4) is 0 Å². The van der Waals surface area contributed by atoms with Crippen LogP contribution in [0.15, 0.2) is 29.8 Å². The van der Waals surface area contributed by atoms with Crippen molar-refractivity contribution in [1.82, 2.24) is 0 Å². The highest BCUT2D eigenvalue weighted by atomic mass is 127. The highest BCUT2D eigenvalue weighted by molar-refractivity contribution is 14.1. The Bertz CT molecular complexity index is 406. The predicted octanol–water partition coefficient (Wildman–Crippen LogP) is 3.50. The number of carbonyl (C=O) groups excluding carboxylic acids is 1. The molecule has 0 radical (unpaired) electrons. The van der Waals surface area contributed by atoms with Crippen molar-refractivity contribution in [2.45, 2.75) is 20.8 Å². The van der Waals surface area contributed by atoms with Crippen LogP contribution in [0.1, 0.15) is 19.4 Å². The number of anilines is 1. The molecule has 0 aliphatic rings. The van der Waals surface area contributed by atoms with E-state index in [1.807, 2.05) is 39.0 Å². The molecular formula is C12H14INO. The number of benzene rings is 1. The first kappa shape index (κ1) is 12.2. The zero-order valence-corrected chi connectivity index (χ0v) is 11.3. The molecule has 0 saturated carbocycles. The van der Waals surface area contributed by atoms with E-state index in [9.17, 15) is 4.79 Å². The maximum absolute atomic E-state index is 11.5. The Kier molecular flexibility index (Phi) is 4.32. The van der Waals surface area contributed by atoms with E-state index in [0.717, 1.165) is 20.4 Å². The van der Waals surface area contributed by atoms with E-state index in [0.29, 0.717) is 0 Å². The van der Waals surface area contributed by atoms with Gasteiger partial charge < -0.3 is 5.32 Å². The van der Waals surface area contributed by atoms with Crippen LogP contribution in [0.25, 0.3) is 0 Å². The van der Waals surface area contributed by atoms with Gasteiger partial charge in [0.15, 0.2) is 0 Å². The van der Waals surface area contributed by atoms with Crippen LogP contribution < -0.4 is 5.32 Å². The summed E-state index contributed by atoms with van der Waals surface area (Å²) in [5.74, 6) is -0.0694. The van der Waals surface area contributed by atoms with Crippen LogP contribution in [0.3, 0.4) is 0 Å². The van der Waals surface area contributed by atoms with E-state index < -0.39 is 0 Å². The Balaban J connectivity index is 2.85. The molecule has 15 heavy (non-hydrogen) atoms. The van der Waals surface area contributed by atoms with Gasteiger partial charge in [-0.05, 0) is 61.1 Å². The lowest BCUT2D eigenvalue weighted by molar-refractivity contribution is -0.111. The summed E-state index contributed by atoms with van der Waals surface area (Å²) >= 11 is 2.23. The minimum Gasteiger partial charge on any atom is -0.322 e. The molecule has 0 aliphatic carbocycles. The van der Waals surface area contributed by atoms with Crippen molar-refractivity contribution in [1.29, 1.82) is 0 Å². The SMILES string of the molecule is CC(C)=CC(=O)Nc1cc(I)ccc1C. The number of halogens is 1. The summed E-state index contributed by atoms with van der Waals surface area (Å²) in [5.41, 5.74) is 2.95. The van der Waals surface area contributed by atoms with E-state index in [1.54, 1.807) is 6.08 Å². The fourth-order valence-corrected chi connectivity index (χ4v) is 1.65. The number of amides is 1. The fraction of sp³-hybridized carbons (Fsp3) is 0.250. The second kappa shape index (κ2) is 5.30. The van der Waals surface area contributed by atoms with Crippen molar-refractivity contribution >= 4 is 34.2 Å². The van der Waals surface area contributed by atoms with Crippen LogP contribution in [0.4, 0.5) is 5.69 Å². The average molecular weight is 315 g/mol. The molecule has 0 heterocycles. The standard InChI is InChI=1S/C12H14INO/c1-8(2)6-12(15)14-11-7-10(13)5-4-9(11)3/h4-7H,1-3H3,(H,14,15). The molecule has 0 spiro atoms. The number of aryl methyl sites for hydroxylation is 1. The third-order valence-electron chi connectivity index (χ3n) is 1.88. The molecule has 1 amide bonds. The highest BCUT2D eigenvalue weighted by Gasteiger charge is 2.02. The van der Waals surface area contributed by atoms with E-state index >= 15 is 0 Å². The number of hydrogen-bond donors (Lipinski definition) is 1. The number of nitrogens with one attached hydrogen (secondary N) is 1. The normalized spacial score (nSPS) is 9.60. The van der Waals surface area contributed by atoms with E-state index in [4.69, 9.17) is 0 Å². The van der Waals surface area contributed by atoms with Gasteiger partial charge in [-0.3, -0.25) is 4.79 Å². The van der Waals surface area contributed by atoms with Crippen molar-refractivity contribution in [3.05, 3.63) is 39.0 Å². The van der Waals surface area contributed by atoms with Crippen LogP contribution in [0.5, 0.6) is 0 Å². The van der Waals surface area contributed by atoms with Gasteiger partial charge in [-0.2, -0.15) is 0 Å². The smallest absolute Gasteiger partial charge is 0.248 e. The maximum Gasteiger partial charge on any atom is 0.248 e. The Morgan fingerprint density at radius 3 is 2.67 bits per heavy atom. The van der Waals surface area contributed by atoms with Gasteiger partial charge in [0.1, 0.15) is 0 Å². The third-order valence-corrected chi connectivity index (χ3v) is 2.55. The summed E-state index contributed by atoms with van der Waals surface area (Å²) in [6, 6.07) is 5.99. The molecule has 1 aromatic rings. The first-order valence-corrected chi connectivity index (χ1v) is 5.79. The molecule has 1 aromatic carbocycles. The van der Waals surface area contributed by atoms with Gasteiger partial charge >= 0.3 is 0 Å². The van der Waals surface area contributed by atoms with Crippen LogP contribution in [-0.4, -0.2) is 5.91 Å². The zero-order chi connectivity index (χ0) is 11.4. The Hall–Kier alpha value is -0.840. The van der Waals surface area contributed by atoms with E-state index in [2.05, 4.69) is 27.9 Å². The summed E-state index contributed by atoms with van der Waals surface area (Å²) in [5, 5.41) is 2.86. The lowest BCUT2D eigenvalue weighted by Crippen LogP contribution is -2.09. The fourth-order valence-electron chi connectivity index (χ4n) is 1.16. The Morgan fingerprint density at radius 2 is 2.07 bits per heavy atom. The summed E-state index contributed by atoms with van der Waals surface area (Å²) in [4.78, 5) is 11.5. The minimum atomic E-state index is -0.0694. The quantitative estimate of drug-likeness (QED) is 0.657. The summed E-state index contributed by atoms with van der Waals surface area (Å²) < 4.78 is 1.12. The van der Waals surface area contributed by atoms with Gasteiger partial charge in [-0.15, -0.1) is 0 Å². The first-order valence-electron chi connectivity index (χ1n) is 4.71. The predicted molar refractivity (Wildman–Crippen MR) is 72.0 cm³/mol. The molecule has 0 saturated heterocycles. The van der Waals surface area contributed by atoms with Gasteiger partial charge in [-0.1, -0.05) is 11.6 Å². The molecule has 1 N–H and O–H groups in total. The second-order valence-electron chi connectivity index (χ2n) is 3.67. The lowest BCUT2D eigenvalue weighted by atomic mass is 10.2. The summed E-state index contributed by atoms with van der Waals surface area (Å²) in [7, 11) is 0. The molecule has 0 unspecified atom stereocenters. The van der Waals surface area contributed by atoms with Crippen molar-refractivity contribution in [3.63, 3.8) is 0 Å². The second-order valence-corrected chi connectivity index (χ2v) is 4.92. The van der Waals surface area contributed by atoms with Crippen LogP contribution in [0.2, 0.25) is 0 Å². The number of allylic oxidation sites excluding steroid dienone is 1. The van der Waals surface area contributed by atoms with Crippen LogP contribution in [0, 0.1) is 10.5 Å². The highest BCUT2D eigenvalue weighted by Crippen LogP contribution is 2.18. The van der Waals surface area contributed by atoms with Gasteiger partial charge in [-0.25, -0.2) is 0 Å². The van der Waals surface area contributed by atoms with E-state index in [-0.39, 0.29) is 5.91 Å². The molecule has 0 bridgehead atoms. The number of rotatable bonds is 2. The molecule has 2 nitrogen and oxygen atoms in total. The average Bonchev–Trinajstić information content (AvgIpc) is 2.10. The Labute approximate surface area is 104 Å². The molecule has 0 fully saturated rings. The molecule has 0 aliphatic heterocycles. The largest absolute Gasteiger partial charge is 0.322 e. The lowest BCUT2D eigenvalue weighted by Gasteiger charge is -2.06. The van der Waals surface area contributed by atoms with Crippen LogP contribution >= 0.6 is 22.6 Å². The van der Waals surface area contributed by atoms with Crippen molar-refractivity contribution in [2.24, 2.45) is 0 Å². The van der Waals surface area contributed by atoms with Gasteiger partial charge in [0, 0.05) is 15.3 Å². The topological polar surface area (TPSA) is 29.1 Å². The van der Waals surface area contributed by atoms with Gasteiger partial charge in [0.25, 0.3) is 0 Å². The molecule has 1 rings (SSSR count). The third kappa shape index (κ3) is 4.03. The van der Waals surface area contributed by atoms with Gasteiger partial charge in [0.05, 0.1) is 0 Å². The zero-order valence-electron chi connectivity index (χ0n) is 9.10. The summed E-state index contributed by atoms with van der Waals surface area (Å²) in [6.07, 6.45) is 1.60. The minimum absolute atomic E-state index is 0.0694. The maximum atomic E-state index is 11.5. The summed E-state index contributed by atoms with van der Waals surface area (Å²) in [6.45, 7) is 5.79. The molecule has 0 aromatic heterocycles. The first-order chi connectivity index (χ1) is 6.99.